The second kappa shape index (κ2) is 9.46. The molecular weight excluding hydrogens is 453 g/mol. The van der Waals surface area contributed by atoms with E-state index >= 15 is 0 Å². The second-order valence-electron chi connectivity index (χ2n) is 7.37. The largest absolute Gasteiger partial charge is 0.482 e. The molecule has 176 valence electrons. The minimum atomic E-state index is -5.00. The van der Waals surface area contributed by atoms with Gasteiger partial charge in [0.1, 0.15) is 17.1 Å². The average molecular weight is 472 g/mol. The van der Waals surface area contributed by atoms with Crippen LogP contribution in [0, 0.1) is 0 Å². The summed E-state index contributed by atoms with van der Waals surface area (Å²) in [6.45, 7) is 1.62. The van der Waals surface area contributed by atoms with Crippen LogP contribution < -0.4 is 14.9 Å². The first kappa shape index (κ1) is 23.2. The van der Waals surface area contributed by atoms with Gasteiger partial charge in [0.2, 0.25) is 11.2 Å². The lowest BCUT2D eigenvalue weighted by Gasteiger charge is -2.14. The first-order valence-corrected chi connectivity index (χ1v) is 10.4. The van der Waals surface area contributed by atoms with Crippen molar-refractivity contribution in [3.8, 4) is 17.2 Å². The van der Waals surface area contributed by atoms with E-state index in [9.17, 15) is 22.8 Å². The van der Waals surface area contributed by atoms with Gasteiger partial charge >= 0.3 is 12.1 Å². The normalized spacial score (nSPS) is 11.5. The van der Waals surface area contributed by atoms with E-state index in [1.807, 2.05) is 19.1 Å². The van der Waals surface area contributed by atoms with E-state index in [-0.39, 0.29) is 29.1 Å². The van der Waals surface area contributed by atoms with Gasteiger partial charge in [0, 0.05) is 6.07 Å². The highest BCUT2D eigenvalue weighted by atomic mass is 19.4. The molecule has 0 radical (unpaired) electrons. The molecule has 34 heavy (non-hydrogen) atoms. The van der Waals surface area contributed by atoms with Gasteiger partial charge < -0.3 is 18.6 Å². The molecule has 0 aliphatic heterocycles. The number of halogens is 3. The highest BCUT2D eigenvalue weighted by Crippen LogP contribution is 2.39. The van der Waals surface area contributed by atoms with Crippen molar-refractivity contribution < 1.29 is 36.6 Å². The number of benzene rings is 3. The van der Waals surface area contributed by atoms with Crippen molar-refractivity contribution in [2.45, 2.75) is 19.5 Å². The molecule has 6 nitrogen and oxygen atoms in total. The molecule has 0 fully saturated rings. The predicted molar refractivity (Wildman–Crippen MR) is 118 cm³/mol. The Hall–Kier alpha value is -4.01. The number of esters is 1. The molecular formula is C25H19F3O6. The Morgan fingerprint density at radius 2 is 1.71 bits per heavy atom. The Balaban J connectivity index is 1.70. The van der Waals surface area contributed by atoms with Crippen LogP contribution in [0.2, 0.25) is 0 Å². The highest BCUT2D eigenvalue weighted by molar-refractivity contribution is 5.84. The van der Waals surface area contributed by atoms with Gasteiger partial charge in [0.05, 0.1) is 12.0 Å². The summed E-state index contributed by atoms with van der Waals surface area (Å²) < 4.78 is 62.0. The van der Waals surface area contributed by atoms with Gasteiger partial charge in [-0.05, 0) is 41.5 Å². The maximum atomic E-state index is 13.8. The number of rotatable bonds is 7. The quantitative estimate of drug-likeness (QED) is 0.303. The standard InChI is InChI=1S/C25H19F3O6/c1-2-11-31-21(29)14-32-17-9-10-19-20(13-17)34-24(25(26,27)28)23(22(19)30)33-18-8-7-15-5-3-4-6-16(15)12-18/h3-10,12-13H,2,11,14H2,1H3. The van der Waals surface area contributed by atoms with Crippen LogP contribution in [0.15, 0.2) is 69.9 Å². The summed E-state index contributed by atoms with van der Waals surface area (Å²) in [7, 11) is 0. The molecule has 0 spiro atoms. The van der Waals surface area contributed by atoms with Crippen molar-refractivity contribution in [1.82, 2.24) is 0 Å². The van der Waals surface area contributed by atoms with Crippen LogP contribution in [0.3, 0.4) is 0 Å². The van der Waals surface area contributed by atoms with E-state index in [0.29, 0.717) is 6.42 Å². The Bertz CT molecular complexity index is 1410. The fraction of sp³-hybridized carbons (Fsp3) is 0.200. The van der Waals surface area contributed by atoms with Crippen molar-refractivity contribution in [1.29, 1.82) is 0 Å². The van der Waals surface area contributed by atoms with E-state index in [0.717, 1.165) is 16.8 Å². The summed E-state index contributed by atoms with van der Waals surface area (Å²) in [5.41, 5.74) is -1.35. The van der Waals surface area contributed by atoms with Crippen LogP contribution in [-0.4, -0.2) is 19.2 Å². The lowest BCUT2D eigenvalue weighted by atomic mass is 10.1. The van der Waals surface area contributed by atoms with Gasteiger partial charge in [0.15, 0.2) is 6.61 Å². The molecule has 0 aliphatic carbocycles. The highest BCUT2D eigenvalue weighted by Gasteiger charge is 2.40. The third-order valence-corrected chi connectivity index (χ3v) is 4.84. The number of alkyl halides is 3. The Morgan fingerprint density at radius 1 is 0.971 bits per heavy atom. The zero-order valence-corrected chi connectivity index (χ0v) is 18.0. The first-order chi connectivity index (χ1) is 16.3. The summed E-state index contributed by atoms with van der Waals surface area (Å²) in [4.78, 5) is 24.6. The molecule has 0 bridgehead atoms. The van der Waals surface area contributed by atoms with Crippen molar-refractivity contribution in [3.05, 3.63) is 76.6 Å². The zero-order chi connectivity index (χ0) is 24.3. The third kappa shape index (κ3) is 4.98. The molecule has 0 amide bonds. The summed E-state index contributed by atoms with van der Waals surface area (Å²) in [5, 5.41) is 1.46. The van der Waals surface area contributed by atoms with Gasteiger partial charge in [-0.25, -0.2) is 4.79 Å². The topological polar surface area (TPSA) is 75.0 Å². The fourth-order valence-electron chi connectivity index (χ4n) is 3.27. The number of hydrogen-bond acceptors (Lipinski definition) is 6. The van der Waals surface area contributed by atoms with E-state index in [2.05, 4.69) is 0 Å². The van der Waals surface area contributed by atoms with Gasteiger partial charge in [-0.15, -0.1) is 0 Å². The van der Waals surface area contributed by atoms with Gasteiger partial charge in [-0.2, -0.15) is 13.2 Å². The molecule has 0 atom stereocenters. The van der Waals surface area contributed by atoms with E-state index in [1.54, 1.807) is 18.2 Å². The molecule has 4 aromatic rings. The smallest absolute Gasteiger partial charge is 0.453 e. The lowest BCUT2D eigenvalue weighted by molar-refractivity contribution is -0.154. The Morgan fingerprint density at radius 3 is 2.44 bits per heavy atom. The Labute approximate surface area is 191 Å². The second-order valence-corrected chi connectivity index (χ2v) is 7.37. The summed E-state index contributed by atoms with van der Waals surface area (Å²) in [6.07, 6.45) is -4.36. The lowest BCUT2D eigenvalue weighted by Crippen LogP contribution is -2.16. The molecule has 0 saturated heterocycles. The molecule has 1 heterocycles. The average Bonchev–Trinajstić information content (AvgIpc) is 2.82. The number of carbonyl (C=O) groups is 1. The van der Waals surface area contributed by atoms with E-state index in [1.165, 1.54) is 24.3 Å². The molecule has 0 saturated carbocycles. The number of ether oxygens (including phenoxy) is 3. The predicted octanol–water partition coefficient (Wildman–Crippen LogP) is 6.09. The van der Waals surface area contributed by atoms with Gasteiger partial charge in [0.25, 0.3) is 5.76 Å². The first-order valence-electron chi connectivity index (χ1n) is 10.4. The summed E-state index contributed by atoms with van der Waals surface area (Å²) >= 11 is 0. The molecule has 3 aromatic carbocycles. The van der Waals surface area contributed by atoms with Crippen molar-refractivity contribution in [2.75, 3.05) is 13.2 Å². The fourth-order valence-corrected chi connectivity index (χ4v) is 3.27. The number of hydrogen-bond donors (Lipinski definition) is 0. The van der Waals surface area contributed by atoms with Gasteiger partial charge in [-0.1, -0.05) is 37.3 Å². The minimum absolute atomic E-state index is 0.0421. The SMILES string of the molecule is CCCOC(=O)COc1ccc2c(=O)c(Oc3ccc4ccccc4c3)c(C(F)(F)F)oc2c1. The maximum Gasteiger partial charge on any atom is 0.453 e. The third-order valence-electron chi connectivity index (χ3n) is 4.84. The molecule has 1 aromatic heterocycles. The van der Waals surface area contributed by atoms with Crippen molar-refractivity contribution in [3.63, 3.8) is 0 Å². The van der Waals surface area contributed by atoms with Gasteiger partial charge in [-0.3, -0.25) is 4.79 Å². The summed E-state index contributed by atoms with van der Waals surface area (Å²) in [5.74, 6) is -3.06. The monoisotopic (exact) mass is 472 g/mol. The minimum Gasteiger partial charge on any atom is -0.482 e. The number of fused-ring (bicyclic) bond motifs is 2. The van der Waals surface area contributed by atoms with E-state index < -0.39 is 35.7 Å². The molecule has 0 aliphatic rings. The van der Waals surface area contributed by atoms with Crippen molar-refractivity contribution in [2.24, 2.45) is 0 Å². The Kier molecular flexibility index (Phi) is 6.45. The van der Waals surface area contributed by atoms with Crippen LogP contribution in [0.1, 0.15) is 19.1 Å². The van der Waals surface area contributed by atoms with Crippen molar-refractivity contribution >= 4 is 27.7 Å². The van der Waals surface area contributed by atoms with E-state index in [4.69, 9.17) is 18.6 Å². The van der Waals surface area contributed by atoms with Crippen LogP contribution >= 0.6 is 0 Å². The van der Waals surface area contributed by atoms with Crippen LogP contribution in [0.4, 0.5) is 13.2 Å². The van der Waals surface area contributed by atoms with Crippen LogP contribution in [0.5, 0.6) is 17.2 Å². The maximum absolute atomic E-state index is 13.8. The molecule has 0 N–H and O–H groups in total. The van der Waals surface area contributed by atoms with Crippen LogP contribution in [0.25, 0.3) is 21.7 Å². The molecule has 0 unspecified atom stereocenters. The number of carbonyl (C=O) groups excluding carboxylic acids is 1. The zero-order valence-electron chi connectivity index (χ0n) is 18.0. The van der Waals surface area contributed by atoms with Crippen LogP contribution in [-0.2, 0) is 15.7 Å². The molecule has 9 heteroatoms. The summed E-state index contributed by atoms with van der Waals surface area (Å²) in [6, 6.07) is 15.6. The molecule has 4 rings (SSSR count).